The molecule has 1 amide bonds. The predicted molar refractivity (Wildman–Crippen MR) is 112 cm³/mol. The summed E-state index contributed by atoms with van der Waals surface area (Å²) in [5.41, 5.74) is 0.730. The Morgan fingerprint density at radius 2 is 1.90 bits per heavy atom. The fourth-order valence-corrected chi connectivity index (χ4v) is 2.76. The number of nitro groups is 1. The highest BCUT2D eigenvalue weighted by atomic mass is 16.6. The molecule has 158 valence electrons. The molecule has 9 nitrogen and oxygen atoms in total. The summed E-state index contributed by atoms with van der Waals surface area (Å²) in [4.78, 5) is 39.2. The van der Waals surface area contributed by atoms with E-state index in [-0.39, 0.29) is 23.4 Å². The second-order valence-electron chi connectivity index (χ2n) is 6.47. The lowest BCUT2D eigenvalue weighted by molar-refractivity contribution is -0.384. The Labute approximate surface area is 177 Å². The zero-order valence-corrected chi connectivity index (χ0v) is 16.8. The zero-order chi connectivity index (χ0) is 22.4. The minimum atomic E-state index is -0.743. The molecule has 0 spiro atoms. The van der Waals surface area contributed by atoms with Crippen LogP contribution in [0.25, 0.3) is 0 Å². The van der Waals surface area contributed by atoms with Crippen molar-refractivity contribution in [1.29, 1.82) is 0 Å². The number of carbonyl (C=O) groups excluding carboxylic acids is 2. The summed E-state index contributed by atoms with van der Waals surface area (Å²) in [5, 5.41) is 13.9. The van der Waals surface area contributed by atoms with E-state index >= 15 is 0 Å². The molecule has 0 radical (unpaired) electrons. The van der Waals surface area contributed by atoms with Crippen LogP contribution in [0.4, 0.5) is 11.4 Å². The van der Waals surface area contributed by atoms with Crippen molar-refractivity contribution in [2.24, 2.45) is 0 Å². The van der Waals surface area contributed by atoms with Crippen LogP contribution in [0.5, 0.6) is 11.5 Å². The second-order valence-corrected chi connectivity index (χ2v) is 6.47. The number of hydrogen-bond acceptors (Lipinski definition) is 7. The van der Waals surface area contributed by atoms with Crippen LogP contribution in [0.15, 0.2) is 60.9 Å². The number of non-ortho nitro benzene ring substituents is 1. The van der Waals surface area contributed by atoms with Crippen molar-refractivity contribution in [2.75, 3.05) is 11.9 Å². The molecule has 3 aromatic rings. The molecule has 0 fully saturated rings. The van der Waals surface area contributed by atoms with Gasteiger partial charge in [-0.2, -0.15) is 0 Å². The Bertz CT molecular complexity index is 1130. The molecule has 0 saturated carbocycles. The highest BCUT2D eigenvalue weighted by Crippen LogP contribution is 2.27. The number of nitrogens with one attached hydrogen (secondary N) is 1. The van der Waals surface area contributed by atoms with Crippen molar-refractivity contribution in [1.82, 2.24) is 4.98 Å². The van der Waals surface area contributed by atoms with E-state index in [1.165, 1.54) is 6.07 Å². The summed E-state index contributed by atoms with van der Waals surface area (Å²) >= 11 is 0. The Balaban J connectivity index is 1.81. The maximum atomic E-state index is 12.7. The zero-order valence-electron chi connectivity index (χ0n) is 16.8. The molecule has 2 aromatic carbocycles. The van der Waals surface area contributed by atoms with Gasteiger partial charge in [-0.1, -0.05) is 0 Å². The number of rotatable bonds is 7. The molecule has 0 aliphatic carbocycles. The van der Waals surface area contributed by atoms with Crippen molar-refractivity contribution in [3.8, 4) is 11.5 Å². The molecular weight excluding hydrogens is 402 g/mol. The molecule has 9 heteroatoms. The Morgan fingerprint density at radius 1 is 1.13 bits per heavy atom. The first-order valence-corrected chi connectivity index (χ1v) is 9.34. The largest absolute Gasteiger partial charge is 0.462 e. The van der Waals surface area contributed by atoms with E-state index in [0.717, 1.165) is 17.7 Å². The van der Waals surface area contributed by atoms with Crippen molar-refractivity contribution in [3.63, 3.8) is 0 Å². The molecule has 0 aliphatic rings. The normalized spacial score (nSPS) is 10.3. The molecule has 3 rings (SSSR count). The van der Waals surface area contributed by atoms with E-state index in [0.29, 0.717) is 17.2 Å². The van der Waals surface area contributed by atoms with E-state index in [2.05, 4.69) is 10.3 Å². The smallest absolute Gasteiger partial charge is 0.338 e. The highest BCUT2D eigenvalue weighted by Gasteiger charge is 2.19. The van der Waals surface area contributed by atoms with Crippen LogP contribution in [0.2, 0.25) is 0 Å². The van der Waals surface area contributed by atoms with Crippen LogP contribution in [-0.2, 0) is 4.74 Å². The quantitative estimate of drug-likeness (QED) is 0.338. The third kappa shape index (κ3) is 5.41. The molecule has 1 heterocycles. The summed E-state index contributed by atoms with van der Waals surface area (Å²) in [7, 11) is 0. The number of carbonyl (C=O) groups is 2. The van der Waals surface area contributed by atoms with Crippen LogP contribution in [0, 0.1) is 17.0 Å². The van der Waals surface area contributed by atoms with Gasteiger partial charge in [-0.25, -0.2) is 4.79 Å². The highest BCUT2D eigenvalue weighted by molar-refractivity contribution is 6.06. The number of nitrogens with zero attached hydrogens (tertiary/aromatic N) is 2. The topological polar surface area (TPSA) is 121 Å². The van der Waals surface area contributed by atoms with E-state index in [9.17, 15) is 19.7 Å². The van der Waals surface area contributed by atoms with Crippen LogP contribution in [0.1, 0.15) is 33.2 Å². The lowest BCUT2D eigenvalue weighted by Crippen LogP contribution is -2.14. The monoisotopic (exact) mass is 421 g/mol. The summed E-state index contributed by atoms with van der Waals surface area (Å²) in [6.45, 7) is 3.54. The fraction of sp³-hybridized carbons (Fsp3) is 0.136. The molecule has 0 bridgehead atoms. The number of nitro benzene ring substituents is 1. The van der Waals surface area contributed by atoms with Gasteiger partial charge in [0.05, 0.1) is 23.3 Å². The van der Waals surface area contributed by atoms with Crippen LogP contribution >= 0.6 is 0 Å². The summed E-state index contributed by atoms with van der Waals surface area (Å²) in [5.74, 6) is -0.181. The van der Waals surface area contributed by atoms with Crippen LogP contribution < -0.4 is 10.1 Å². The number of aromatic nitrogens is 1. The van der Waals surface area contributed by atoms with E-state index in [4.69, 9.17) is 9.47 Å². The van der Waals surface area contributed by atoms with Gasteiger partial charge >= 0.3 is 5.97 Å². The first-order valence-electron chi connectivity index (χ1n) is 9.34. The fourth-order valence-electron chi connectivity index (χ4n) is 2.76. The molecule has 0 atom stereocenters. The molecular formula is C22H19N3O6. The van der Waals surface area contributed by atoms with E-state index < -0.39 is 16.8 Å². The average molecular weight is 421 g/mol. The number of aryl methyl sites for hydroxylation is 1. The third-order valence-corrected chi connectivity index (χ3v) is 4.20. The lowest BCUT2D eigenvalue weighted by Gasteiger charge is -2.11. The maximum absolute atomic E-state index is 12.7. The number of anilines is 1. The standard InChI is InChI=1S/C22H19N3O6/c1-3-30-22(27)16-10-15(11-18(12-16)25(28)29)21(26)24-17-6-7-20(14(2)9-17)31-19-5-4-8-23-13-19/h4-13H,3H2,1-2H3,(H,24,26). The number of amides is 1. The molecule has 1 aromatic heterocycles. The number of esters is 1. The van der Waals surface area contributed by atoms with E-state index in [1.54, 1.807) is 49.6 Å². The van der Waals surface area contributed by atoms with Crippen molar-refractivity contribution in [2.45, 2.75) is 13.8 Å². The van der Waals surface area contributed by atoms with Crippen LogP contribution in [-0.4, -0.2) is 28.4 Å². The molecule has 0 unspecified atom stereocenters. The van der Waals surface area contributed by atoms with Gasteiger partial charge < -0.3 is 14.8 Å². The summed E-state index contributed by atoms with van der Waals surface area (Å²) in [6, 6.07) is 12.0. The van der Waals surface area contributed by atoms with Crippen molar-refractivity contribution < 1.29 is 24.0 Å². The van der Waals surface area contributed by atoms with Gasteiger partial charge in [0.25, 0.3) is 11.6 Å². The SMILES string of the molecule is CCOC(=O)c1cc(C(=O)Nc2ccc(Oc3cccnc3)c(C)c2)cc([N+](=O)[O-])c1. The van der Waals surface area contributed by atoms with Gasteiger partial charge in [-0.3, -0.25) is 19.9 Å². The maximum Gasteiger partial charge on any atom is 0.338 e. The molecule has 31 heavy (non-hydrogen) atoms. The number of ether oxygens (including phenoxy) is 2. The summed E-state index contributed by atoms with van der Waals surface area (Å²) < 4.78 is 10.6. The molecule has 1 N–H and O–H groups in total. The summed E-state index contributed by atoms with van der Waals surface area (Å²) in [6.07, 6.45) is 3.22. The van der Waals surface area contributed by atoms with Gasteiger partial charge in [-0.15, -0.1) is 0 Å². The van der Waals surface area contributed by atoms with E-state index in [1.807, 2.05) is 6.92 Å². The van der Waals surface area contributed by atoms with Gasteiger partial charge in [0.15, 0.2) is 0 Å². The minimum Gasteiger partial charge on any atom is -0.462 e. The van der Waals surface area contributed by atoms with Crippen molar-refractivity contribution >= 4 is 23.3 Å². The molecule has 0 saturated heterocycles. The Morgan fingerprint density at radius 3 is 2.55 bits per heavy atom. The number of benzene rings is 2. The first kappa shape index (κ1) is 21.4. The predicted octanol–water partition coefficient (Wildman–Crippen LogP) is 4.52. The van der Waals surface area contributed by atoms with Gasteiger partial charge in [0.1, 0.15) is 11.5 Å². The van der Waals surface area contributed by atoms with Gasteiger partial charge in [0.2, 0.25) is 0 Å². The van der Waals surface area contributed by atoms with Gasteiger partial charge in [-0.05, 0) is 55.8 Å². The average Bonchev–Trinajstić information content (AvgIpc) is 2.76. The Kier molecular flexibility index (Phi) is 6.56. The van der Waals surface area contributed by atoms with Gasteiger partial charge in [0, 0.05) is 29.6 Å². The third-order valence-electron chi connectivity index (χ3n) is 4.20. The Hall–Kier alpha value is -4.27. The number of hydrogen-bond donors (Lipinski definition) is 1. The first-order chi connectivity index (χ1) is 14.9. The minimum absolute atomic E-state index is 0.0365. The lowest BCUT2D eigenvalue weighted by atomic mass is 10.1. The van der Waals surface area contributed by atoms with Crippen LogP contribution in [0.3, 0.4) is 0 Å². The second kappa shape index (κ2) is 9.49. The van der Waals surface area contributed by atoms with Crippen molar-refractivity contribution in [3.05, 3.63) is 87.7 Å². The molecule has 0 aliphatic heterocycles. The number of pyridine rings is 1.